The average molecular weight is 476 g/mol. The van der Waals surface area contributed by atoms with Crippen LogP contribution >= 0.6 is 0 Å². The molecule has 0 saturated carbocycles. The normalized spacial score (nSPS) is 18.7. The van der Waals surface area contributed by atoms with Crippen LogP contribution in [0.3, 0.4) is 0 Å². The number of benzene rings is 1. The van der Waals surface area contributed by atoms with Crippen LogP contribution in [0.15, 0.2) is 41.1 Å². The van der Waals surface area contributed by atoms with Gasteiger partial charge < -0.3 is 19.6 Å². The van der Waals surface area contributed by atoms with Crippen molar-refractivity contribution in [2.45, 2.75) is 32.0 Å². The highest BCUT2D eigenvalue weighted by Crippen LogP contribution is 2.34. The third-order valence-electron chi connectivity index (χ3n) is 7.11. The van der Waals surface area contributed by atoms with Crippen molar-refractivity contribution in [1.82, 2.24) is 29.4 Å². The van der Waals surface area contributed by atoms with Crippen LogP contribution in [-0.2, 0) is 19.5 Å². The first kappa shape index (κ1) is 21.9. The number of rotatable bonds is 6. The van der Waals surface area contributed by atoms with Gasteiger partial charge in [0.1, 0.15) is 0 Å². The highest BCUT2D eigenvalue weighted by Gasteiger charge is 2.31. The van der Waals surface area contributed by atoms with Gasteiger partial charge in [-0.05, 0) is 48.2 Å². The van der Waals surface area contributed by atoms with E-state index in [9.17, 15) is 0 Å². The lowest BCUT2D eigenvalue weighted by Gasteiger charge is -2.34. The Balaban J connectivity index is 1.17. The van der Waals surface area contributed by atoms with E-state index < -0.39 is 0 Å². The number of nitrogens with two attached hydrogens (primary N) is 1. The molecule has 0 aliphatic carbocycles. The summed E-state index contributed by atoms with van der Waals surface area (Å²) < 4.78 is 18.1. The second-order valence-electron chi connectivity index (χ2n) is 9.16. The fourth-order valence-corrected chi connectivity index (χ4v) is 5.27. The third kappa shape index (κ3) is 3.98. The Labute approximate surface area is 203 Å². The van der Waals surface area contributed by atoms with Gasteiger partial charge in [0, 0.05) is 50.5 Å². The van der Waals surface area contributed by atoms with Gasteiger partial charge in [-0.15, -0.1) is 5.10 Å². The first-order chi connectivity index (χ1) is 17.1. The van der Waals surface area contributed by atoms with Crippen LogP contribution < -0.4 is 15.2 Å². The van der Waals surface area contributed by atoms with Crippen molar-refractivity contribution in [1.29, 1.82) is 0 Å². The molecule has 2 aliphatic rings. The summed E-state index contributed by atoms with van der Waals surface area (Å²) in [5, 5.41) is 4.50. The predicted molar refractivity (Wildman–Crippen MR) is 130 cm³/mol. The Hall–Kier alpha value is -3.63. The van der Waals surface area contributed by atoms with Gasteiger partial charge in [0.25, 0.3) is 0 Å². The predicted octanol–water partition coefficient (Wildman–Crippen LogP) is 2.62. The summed E-state index contributed by atoms with van der Waals surface area (Å²) in [6.07, 6.45) is 5.57. The van der Waals surface area contributed by atoms with Gasteiger partial charge in [-0.3, -0.25) is 9.80 Å². The van der Waals surface area contributed by atoms with Crippen molar-refractivity contribution in [3.63, 3.8) is 0 Å². The van der Waals surface area contributed by atoms with Crippen LogP contribution in [0.4, 0.5) is 5.95 Å². The van der Waals surface area contributed by atoms with E-state index in [1.807, 2.05) is 18.3 Å². The minimum absolute atomic E-state index is 0.312. The summed E-state index contributed by atoms with van der Waals surface area (Å²) in [6, 6.07) is 8.42. The zero-order valence-corrected chi connectivity index (χ0v) is 20.0. The molecule has 6 rings (SSSR count). The smallest absolute Gasteiger partial charge is 0.223 e. The summed E-state index contributed by atoms with van der Waals surface area (Å²) in [6.45, 7) is 4.75. The SMILES string of the molecule is COc1cc2c(cc1OC)CN(C1CCN(Cc3cnc(N)n4nc(-c5ccco5)nc34)C1)CC2. The molecule has 2 aliphatic heterocycles. The van der Waals surface area contributed by atoms with Crippen LogP contribution in [0.5, 0.6) is 11.5 Å². The van der Waals surface area contributed by atoms with Crippen molar-refractivity contribution in [2.75, 3.05) is 39.6 Å². The van der Waals surface area contributed by atoms with Gasteiger partial charge in [0.15, 0.2) is 22.9 Å². The number of nitrogens with zero attached hydrogens (tertiary/aromatic N) is 6. The molecule has 1 fully saturated rings. The summed E-state index contributed by atoms with van der Waals surface area (Å²) in [7, 11) is 3.38. The Morgan fingerprint density at radius 3 is 2.74 bits per heavy atom. The van der Waals surface area contributed by atoms with Crippen molar-refractivity contribution in [3.8, 4) is 23.1 Å². The average Bonchev–Trinajstić information content (AvgIpc) is 3.65. The number of hydrogen-bond donors (Lipinski definition) is 1. The van der Waals surface area contributed by atoms with Crippen LogP contribution in [0.2, 0.25) is 0 Å². The molecule has 0 radical (unpaired) electrons. The second-order valence-corrected chi connectivity index (χ2v) is 9.16. The van der Waals surface area contributed by atoms with E-state index in [1.165, 1.54) is 11.1 Å². The number of ether oxygens (including phenoxy) is 2. The summed E-state index contributed by atoms with van der Waals surface area (Å²) in [5.41, 5.74) is 10.5. The van der Waals surface area contributed by atoms with Crippen molar-refractivity contribution in [3.05, 3.63) is 53.4 Å². The molecule has 4 aromatic rings. The number of likely N-dealkylation sites (tertiary alicyclic amines) is 1. The lowest BCUT2D eigenvalue weighted by Crippen LogP contribution is -2.40. The van der Waals surface area contributed by atoms with Crippen molar-refractivity contribution in [2.24, 2.45) is 0 Å². The maximum atomic E-state index is 6.08. The molecule has 0 amide bonds. The summed E-state index contributed by atoms with van der Waals surface area (Å²) in [5.74, 6) is 3.03. The lowest BCUT2D eigenvalue weighted by molar-refractivity contribution is 0.174. The molecule has 0 spiro atoms. The zero-order chi connectivity index (χ0) is 23.9. The number of aromatic nitrogens is 4. The second kappa shape index (κ2) is 8.86. The first-order valence-corrected chi connectivity index (χ1v) is 11.9. The van der Waals surface area contributed by atoms with E-state index in [1.54, 1.807) is 25.0 Å². The Kier molecular flexibility index (Phi) is 5.54. The number of anilines is 1. The third-order valence-corrected chi connectivity index (χ3v) is 7.11. The topological polar surface area (TPSA) is 107 Å². The fourth-order valence-electron chi connectivity index (χ4n) is 5.27. The molecule has 5 heterocycles. The van der Waals surface area contributed by atoms with E-state index in [0.29, 0.717) is 23.6 Å². The van der Waals surface area contributed by atoms with Crippen LogP contribution in [0, 0.1) is 0 Å². The maximum absolute atomic E-state index is 6.08. The number of furan rings is 1. The Morgan fingerprint density at radius 1 is 1.14 bits per heavy atom. The van der Waals surface area contributed by atoms with Gasteiger partial charge >= 0.3 is 0 Å². The van der Waals surface area contributed by atoms with Crippen LogP contribution in [-0.4, -0.2) is 69.3 Å². The quantitative estimate of drug-likeness (QED) is 0.450. The molecule has 1 atom stereocenters. The molecule has 3 aromatic heterocycles. The van der Waals surface area contributed by atoms with Gasteiger partial charge in [-0.25, -0.2) is 9.97 Å². The molecular formula is C25H29N7O3. The molecule has 2 N–H and O–H groups in total. The monoisotopic (exact) mass is 475 g/mol. The minimum atomic E-state index is 0.312. The van der Waals surface area contributed by atoms with E-state index in [4.69, 9.17) is 24.6 Å². The Bertz CT molecular complexity index is 1350. The first-order valence-electron chi connectivity index (χ1n) is 11.9. The largest absolute Gasteiger partial charge is 0.493 e. The maximum Gasteiger partial charge on any atom is 0.223 e. The molecular weight excluding hydrogens is 446 g/mol. The number of hydrogen-bond acceptors (Lipinski definition) is 9. The van der Waals surface area contributed by atoms with Gasteiger partial charge in [-0.1, -0.05) is 0 Å². The highest BCUT2D eigenvalue weighted by atomic mass is 16.5. The molecule has 0 bridgehead atoms. The number of nitrogen functional groups attached to an aromatic ring is 1. The lowest BCUT2D eigenvalue weighted by atomic mass is 9.97. The summed E-state index contributed by atoms with van der Waals surface area (Å²) in [4.78, 5) is 14.1. The summed E-state index contributed by atoms with van der Waals surface area (Å²) >= 11 is 0. The molecule has 1 aromatic carbocycles. The molecule has 35 heavy (non-hydrogen) atoms. The highest BCUT2D eigenvalue weighted by molar-refractivity contribution is 5.57. The van der Waals surface area contributed by atoms with Crippen molar-refractivity contribution < 1.29 is 13.9 Å². The zero-order valence-electron chi connectivity index (χ0n) is 20.0. The molecule has 1 unspecified atom stereocenters. The number of fused-ring (bicyclic) bond motifs is 2. The molecule has 182 valence electrons. The van der Waals surface area contributed by atoms with E-state index in [-0.39, 0.29) is 0 Å². The molecule has 1 saturated heterocycles. The molecule has 10 nitrogen and oxygen atoms in total. The van der Waals surface area contributed by atoms with Crippen molar-refractivity contribution >= 4 is 11.6 Å². The van der Waals surface area contributed by atoms with Crippen LogP contribution in [0.25, 0.3) is 17.2 Å². The van der Waals surface area contributed by atoms with E-state index >= 15 is 0 Å². The van der Waals surface area contributed by atoms with E-state index in [0.717, 1.165) is 68.3 Å². The standard InChI is InChI=1S/C25H29N7O3/c1-33-21-10-16-5-8-31(14-17(16)11-22(21)34-2)19-6-7-30(15-19)13-18-12-27-25(26)32-24(18)28-23(29-32)20-4-3-9-35-20/h3-4,9-12,19H,5-8,13-15H2,1-2H3,(H2,26,27). The van der Waals surface area contributed by atoms with Gasteiger partial charge in [0.05, 0.1) is 20.5 Å². The van der Waals surface area contributed by atoms with E-state index in [2.05, 4.69) is 32.0 Å². The Morgan fingerprint density at radius 2 is 1.97 bits per heavy atom. The van der Waals surface area contributed by atoms with Crippen LogP contribution in [0.1, 0.15) is 23.1 Å². The molecule has 10 heteroatoms. The van der Waals surface area contributed by atoms with Gasteiger partial charge in [-0.2, -0.15) is 4.52 Å². The number of methoxy groups -OCH3 is 2. The minimum Gasteiger partial charge on any atom is -0.493 e. The van der Waals surface area contributed by atoms with Gasteiger partial charge in [0.2, 0.25) is 11.8 Å². The fraction of sp³-hybridized carbons (Fsp3) is 0.400.